The van der Waals surface area contributed by atoms with Gasteiger partial charge in [0.05, 0.1) is 13.2 Å². The number of esters is 1. The summed E-state index contributed by atoms with van der Waals surface area (Å²) in [6, 6.07) is -1.44. The standard InChI is InChI=1S/C28H54N2O5/c1-7-9-10-11-12-13-14-15-16-17-18-19-20-21-22-23-35-27(32)25(4)29(5)26(31)24(3)30(6)28(33)34-8-2/h24-25H,7-23H2,1-6H3. The Morgan fingerprint density at radius 1 is 0.600 bits per heavy atom. The van der Waals surface area contributed by atoms with E-state index in [4.69, 9.17) is 9.47 Å². The summed E-state index contributed by atoms with van der Waals surface area (Å²) in [6.45, 7) is 7.84. The summed E-state index contributed by atoms with van der Waals surface area (Å²) >= 11 is 0. The molecule has 0 N–H and O–H groups in total. The van der Waals surface area contributed by atoms with Crippen LogP contribution in [0.25, 0.3) is 0 Å². The van der Waals surface area contributed by atoms with E-state index < -0.39 is 24.1 Å². The van der Waals surface area contributed by atoms with Crippen LogP contribution in [0.1, 0.15) is 124 Å². The van der Waals surface area contributed by atoms with Crippen molar-refractivity contribution in [3.8, 4) is 0 Å². The second-order valence-electron chi connectivity index (χ2n) is 9.73. The Balaban J connectivity index is 3.80. The van der Waals surface area contributed by atoms with E-state index in [9.17, 15) is 14.4 Å². The van der Waals surface area contributed by atoms with Crippen LogP contribution in [0.15, 0.2) is 0 Å². The Labute approximate surface area is 215 Å². The fraction of sp³-hybridized carbons (Fsp3) is 0.893. The van der Waals surface area contributed by atoms with E-state index >= 15 is 0 Å². The summed E-state index contributed by atoms with van der Waals surface area (Å²) in [4.78, 5) is 39.4. The van der Waals surface area contributed by atoms with Crippen molar-refractivity contribution in [2.75, 3.05) is 27.3 Å². The van der Waals surface area contributed by atoms with Crippen LogP contribution in [-0.4, -0.2) is 67.2 Å². The quantitative estimate of drug-likeness (QED) is 0.130. The molecule has 0 rings (SSSR count). The molecule has 0 radical (unpaired) electrons. The van der Waals surface area contributed by atoms with Gasteiger partial charge >= 0.3 is 12.1 Å². The second-order valence-corrected chi connectivity index (χ2v) is 9.73. The van der Waals surface area contributed by atoms with Crippen LogP contribution >= 0.6 is 0 Å². The molecule has 2 amide bonds. The molecule has 2 atom stereocenters. The summed E-state index contributed by atoms with van der Waals surface area (Å²) < 4.78 is 10.3. The first kappa shape index (κ1) is 33.2. The molecule has 0 aromatic heterocycles. The molecule has 0 aromatic carbocycles. The predicted molar refractivity (Wildman–Crippen MR) is 142 cm³/mol. The number of nitrogens with zero attached hydrogens (tertiary/aromatic N) is 2. The van der Waals surface area contributed by atoms with Gasteiger partial charge in [-0.3, -0.25) is 9.69 Å². The highest BCUT2D eigenvalue weighted by Crippen LogP contribution is 2.14. The Hall–Kier alpha value is -1.79. The minimum Gasteiger partial charge on any atom is -0.464 e. The molecule has 0 aromatic rings. The average Bonchev–Trinajstić information content (AvgIpc) is 2.86. The summed E-state index contributed by atoms with van der Waals surface area (Å²) in [5, 5.41) is 0. The van der Waals surface area contributed by atoms with Gasteiger partial charge in [-0.05, 0) is 27.2 Å². The van der Waals surface area contributed by atoms with E-state index in [0.29, 0.717) is 6.61 Å². The number of rotatable bonds is 21. The average molecular weight is 499 g/mol. The van der Waals surface area contributed by atoms with Crippen LogP contribution in [0.2, 0.25) is 0 Å². The first-order valence-corrected chi connectivity index (χ1v) is 14.1. The highest BCUT2D eigenvalue weighted by Gasteiger charge is 2.31. The molecule has 7 heteroatoms. The van der Waals surface area contributed by atoms with Crippen molar-refractivity contribution in [1.29, 1.82) is 0 Å². The number of unbranched alkanes of at least 4 members (excludes halogenated alkanes) is 14. The maximum absolute atomic E-state index is 12.6. The minimum absolute atomic E-state index is 0.238. The van der Waals surface area contributed by atoms with Crippen molar-refractivity contribution >= 4 is 18.0 Å². The predicted octanol–water partition coefficient (Wildman–Crippen LogP) is 6.72. The van der Waals surface area contributed by atoms with Crippen LogP contribution in [0, 0.1) is 0 Å². The van der Waals surface area contributed by atoms with Crippen molar-refractivity contribution in [3.63, 3.8) is 0 Å². The zero-order valence-corrected chi connectivity index (χ0v) is 23.6. The van der Waals surface area contributed by atoms with Crippen LogP contribution in [0.5, 0.6) is 0 Å². The number of carbonyl (C=O) groups excluding carboxylic acids is 3. The van der Waals surface area contributed by atoms with Crippen LogP contribution in [0.3, 0.4) is 0 Å². The molecule has 35 heavy (non-hydrogen) atoms. The summed E-state index contributed by atoms with van der Waals surface area (Å²) in [5.74, 6) is -0.755. The van der Waals surface area contributed by atoms with Gasteiger partial charge in [0.25, 0.3) is 0 Å². The van der Waals surface area contributed by atoms with E-state index in [1.807, 2.05) is 0 Å². The monoisotopic (exact) mass is 498 g/mol. The van der Waals surface area contributed by atoms with Gasteiger partial charge in [0.15, 0.2) is 0 Å². The minimum atomic E-state index is -0.732. The molecule has 206 valence electrons. The summed E-state index contributed by atoms with van der Waals surface area (Å²) in [7, 11) is 3.06. The number of hydrogen-bond donors (Lipinski definition) is 0. The van der Waals surface area contributed by atoms with Gasteiger partial charge in [-0.1, -0.05) is 96.8 Å². The Kier molecular flexibility index (Phi) is 20.4. The van der Waals surface area contributed by atoms with Gasteiger partial charge < -0.3 is 14.4 Å². The van der Waals surface area contributed by atoms with E-state index in [1.54, 1.807) is 27.8 Å². The number of likely N-dealkylation sites (N-methyl/N-ethyl adjacent to an activating group) is 2. The first-order chi connectivity index (χ1) is 16.8. The molecule has 0 fully saturated rings. The van der Waals surface area contributed by atoms with Crippen molar-refractivity contribution in [2.45, 2.75) is 136 Å². The first-order valence-electron chi connectivity index (χ1n) is 14.1. The normalized spacial score (nSPS) is 12.6. The van der Waals surface area contributed by atoms with Crippen molar-refractivity contribution < 1.29 is 23.9 Å². The second kappa shape index (κ2) is 21.5. The smallest absolute Gasteiger partial charge is 0.410 e. The molecule has 0 aliphatic rings. The van der Waals surface area contributed by atoms with Gasteiger partial charge in [0, 0.05) is 14.1 Å². The van der Waals surface area contributed by atoms with Crippen molar-refractivity contribution in [2.24, 2.45) is 0 Å². The van der Waals surface area contributed by atoms with E-state index in [0.717, 1.165) is 12.8 Å². The maximum Gasteiger partial charge on any atom is 0.410 e. The molecular formula is C28H54N2O5. The largest absolute Gasteiger partial charge is 0.464 e. The molecule has 0 heterocycles. The fourth-order valence-corrected chi connectivity index (χ4v) is 3.96. The van der Waals surface area contributed by atoms with Crippen LogP contribution in [-0.2, 0) is 19.1 Å². The zero-order chi connectivity index (χ0) is 26.5. The van der Waals surface area contributed by atoms with Crippen molar-refractivity contribution in [1.82, 2.24) is 9.80 Å². The van der Waals surface area contributed by atoms with Crippen LogP contribution < -0.4 is 0 Å². The molecule has 2 unspecified atom stereocenters. The summed E-state index contributed by atoms with van der Waals surface area (Å²) in [6.07, 6.45) is 18.8. The molecule has 0 saturated carbocycles. The number of carbonyl (C=O) groups is 3. The van der Waals surface area contributed by atoms with E-state index in [1.165, 1.54) is 100 Å². The Morgan fingerprint density at radius 3 is 1.46 bits per heavy atom. The Bertz CT molecular complexity index is 570. The highest BCUT2D eigenvalue weighted by atomic mass is 16.6. The van der Waals surface area contributed by atoms with E-state index in [2.05, 4.69) is 6.92 Å². The van der Waals surface area contributed by atoms with Crippen LogP contribution in [0.4, 0.5) is 4.79 Å². The topological polar surface area (TPSA) is 76.2 Å². The Morgan fingerprint density at radius 2 is 1.03 bits per heavy atom. The summed E-state index contributed by atoms with van der Waals surface area (Å²) in [5.41, 5.74) is 0. The van der Waals surface area contributed by atoms with Gasteiger partial charge in [0.2, 0.25) is 5.91 Å². The molecule has 0 bridgehead atoms. The third-order valence-electron chi connectivity index (χ3n) is 6.76. The molecule has 0 aliphatic carbocycles. The molecular weight excluding hydrogens is 444 g/mol. The zero-order valence-electron chi connectivity index (χ0n) is 23.6. The SMILES string of the molecule is CCCCCCCCCCCCCCCCCOC(=O)C(C)N(C)C(=O)C(C)N(C)C(=O)OCC. The molecule has 0 aliphatic heterocycles. The lowest BCUT2D eigenvalue weighted by atomic mass is 10.0. The van der Waals surface area contributed by atoms with Gasteiger partial charge in [0.1, 0.15) is 12.1 Å². The van der Waals surface area contributed by atoms with Gasteiger partial charge in [-0.15, -0.1) is 0 Å². The van der Waals surface area contributed by atoms with Crippen molar-refractivity contribution in [3.05, 3.63) is 0 Å². The number of ether oxygens (including phenoxy) is 2. The number of amides is 2. The third kappa shape index (κ3) is 15.7. The molecule has 7 nitrogen and oxygen atoms in total. The lowest BCUT2D eigenvalue weighted by molar-refractivity contribution is -0.154. The molecule has 0 spiro atoms. The van der Waals surface area contributed by atoms with E-state index in [-0.39, 0.29) is 12.5 Å². The lowest BCUT2D eigenvalue weighted by Gasteiger charge is -2.30. The fourth-order valence-electron chi connectivity index (χ4n) is 3.96. The number of hydrogen-bond acceptors (Lipinski definition) is 5. The maximum atomic E-state index is 12.6. The molecule has 0 saturated heterocycles. The highest BCUT2D eigenvalue weighted by molar-refractivity contribution is 5.89. The van der Waals surface area contributed by atoms with Gasteiger partial charge in [-0.25, -0.2) is 9.59 Å². The lowest BCUT2D eigenvalue weighted by Crippen LogP contribution is -2.51. The van der Waals surface area contributed by atoms with Gasteiger partial charge in [-0.2, -0.15) is 0 Å². The third-order valence-corrected chi connectivity index (χ3v) is 6.76.